The van der Waals surface area contributed by atoms with Crippen LogP contribution in [-0.2, 0) is 10.0 Å². The molecule has 1 N–H and O–H groups in total. The van der Waals surface area contributed by atoms with Crippen molar-refractivity contribution in [3.8, 4) is 0 Å². The summed E-state index contributed by atoms with van der Waals surface area (Å²) in [5.74, 6) is 0. The van der Waals surface area contributed by atoms with E-state index < -0.39 is 10.0 Å². The van der Waals surface area contributed by atoms with Crippen molar-refractivity contribution in [1.29, 1.82) is 0 Å². The molecule has 1 unspecified atom stereocenters. The summed E-state index contributed by atoms with van der Waals surface area (Å²) >= 11 is 3.35. The lowest BCUT2D eigenvalue weighted by Crippen LogP contribution is -2.48. The molecule has 0 bridgehead atoms. The van der Waals surface area contributed by atoms with Gasteiger partial charge in [-0.2, -0.15) is 0 Å². The molecule has 2 aromatic carbocycles. The van der Waals surface area contributed by atoms with E-state index in [0.717, 1.165) is 41.9 Å². The summed E-state index contributed by atoms with van der Waals surface area (Å²) < 4.78 is 29.3. The highest BCUT2D eigenvalue weighted by Gasteiger charge is 2.26. The number of sulfonamides is 1. The second-order valence-corrected chi connectivity index (χ2v) is 10.3. The van der Waals surface area contributed by atoms with Crippen molar-refractivity contribution in [2.45, 2.75) is 10.9 Å². The predicted octanol–water partition coefficient (Wildman–Crippen LogP) is 2.78. The topological polar surface area (TPSA) is 55.9 Å². The second-order valence-electron chi connectivity index (χ2n) is 7.65. The Labute approximate surface area is 182 Å². The number of hydrogen-bond donors (Lipinski definition) is 1. The standard InChI is InChI=1S/C21H29BrN4O2S/c1-24(2)19-8-4-17(5-9-19)21(26-14-12-25(3)13-15-26)16-23-29(27,28)20-10-6-18(22)7-11-20/h4-11,21,23H,12-16H2,1-3H3. The van der Waals surface area contributed by atoms with Gasteiger partial charge in [0.2, 0.25) is 10.0 Å². The highest BCUT2D eigenvalue weighted by molar-refractivity contribution is 9.10. The van der Waals surface area contributed by atoms with Crippen LogP contribution in [0, 0.1) is 0 Å². The van der Waals surface area contributed by atoms with Gasteiger partial charge in [0, 0.05) is 63.0 Å². The van der Waals surface area contributed by atoms with E-state index in [2.05, 4.69) is 66.7 Å². The van der Waals surface area contributed by atoms with E-state index in [1.54, 1.807) is 24.3 Å². The highest BCUT2D eigenvalue weighted by atomic mass is 79.9. The van der Waals surface area contributed by atoms with Crippen molar-refractivity contribution in [3.63, 3.8) is 0 Å². The summed E-state index contributed by atoms with van der Waals surface area (Å²) in [7, 11) is 2.58. The second kappa shape index (κ2) is 9.57. The first kappa shape index (κ1) is 22.2. The third kappa shape index (κ3) is 5.79. The fraction of sp³-hybridized carbons (Fsp3) is 0.429. The van der Waals surface area contributed by atoms with Crippen molar-refractivity contribution in [3.05, 3.63) is 58.6 Å². The first-order chi connectivity index (χ1) is 13.8. The Morgan fingerprint density at radius 3 is 2.14 bits per heavy atom. The first-order valence-electron chi connectivity index (χ1n) is 9.71. The number of nitrogens with one attached hydrogen (secondary N) is 1. The molecule has 1 aliphatic heterocycles. The average Bonchev–Trinajstić information content (AvgIpc) is 2.70. The highest BCUT2D eigenvalue weighted by Crippen LogP contribution is 2.25. The van der Waals surface area contributed by atoms with Gasteiger partial charge < -0.3 is 9.80 Å². The van der Waals surface area contributed by atoms with E-state index in [9.17, 15) is 8.42 Å². The van der Waals surface area contributed by atoms with Crippen molar-refractivity contribution in [2.75, 3.05) is 58.8 Å². The van der Waals surface area contributed by atoms with Gasteiger partial charge in [-0.1, -0.05) is 28.1 Å². The third-order valence-corrected chi connectivity index (χ3v) is 7.33. The summed E-state index contributed by atoms with van der Waals surface area (Å²) in [6.07, 6.45) is 0. The molecule has 0 aromatic heterocycles. The molecule has 158 valence electrons. The summed E-state index contributed by atoms with van der Waals surface area (Å²) in [6.45, 7) is 4.12. The van der Waals surface area contributed by atoms with E-state index in [1.165, 1.54) is 0 Å². The SMILES string of the molecule is CN1CCN(C(CNS(=O)(=O)c2ccc(Br)cc2)c2ccc(N(C)C)cc2)CC1. The Balaban J connectivity index is 1.80. The molecule has 8 heteroatoms. The number of piperazine rings is 1. The van der Waals surface area contributed by atoms with Crippen molar-refractivity contribution in [2.24, 2.45) is 0 Å². The Hall–Kier alpha value is -1.45. The van der Waals surface area contributed by atoms with E-state index in [0.29, 0.717) is 6.54 Å². The molecule has 0 amide bonds. The van der Waals surface area contributed by atoms with Gasteiger partial charge in [-0.25, -0.2) is 13.1 Å². The van der Waals surface area contributed by atoms with Crippen molar-refractivity contribution >= 4 is 31.6 Å². The molecule has 2 aromatic rings. The number of hydrogen-bond acceptors (Lipinski definition) is 5. The number of nitrogens with zero attached hydrogens (tertiary/aromatic N) is 3. The zero-order valence-electron chi connectivity index (χ0n) is 17.2. The third-order valence-electron chi connectivity index (χ3n) is 5.36. The molecule has 0 spiro atoms. The van der Waals surface area contributed by atoms with E-state index in [-0.39, 0.29) is 10.9 Å². The molecular weight excluding hydrogens is 452 g/mol. The van der Waals surface area contributed by atoms with Crippen LogP contribution in [0.25, 0.3) is 0 Å². The Morgan fingerprint density at radius 1 is 1.00 bits per heavy atom. The van der Waals surface area contributed by atoms with Gasteiger partial charge in [-0.15, -0.1) is 0 Å². The summed E-state index contributed by atoms with van der Waals surface area (Å²) in [5.41, 5.74) is 2.25. The van der Waals surface area contributed by atoms with Gasteiger partial charge in [0.15, 0.2) is 0 Å². The minimum atomic E-state index is -3.57. The lowest BCUT2D eigenvalue weighted by Gasteiger charge is -2.38. The molecule has 0 saturated carbocycles. The molecule has 1 aliphatic rings. The van der Waals surface area contributed by atoms with Crippen molar-refractivity contribution < 1.29 is 8.42 Å². The van der Waals surface area contributed by atoms with Crippen LogP contribution >= 0.6 is 15.9 Å². The molecule has 1 heterocycles. The largest absolute Gasteiger partial charge is 0.378 e. The minimum Gasteiger partial charge on any atom is -0.378 e. The number of halogens is 1. The summed E-state index contributed by atoms with van der Waals surface area (Å²) in [4.78, 5) is 7.01. The number of benzene rings is 2. The first-order valence-corrected chi connectivity index (χ1v) is 12.0. The van der Waals surface area contributed by atoms with Gasteiger partial charge in [0.1, 0.15) is 0 Å². The number of rotatable bonds is 7. The molecule has 29 heavy (non-hydrogen) atoms. The molecule has 6 nitrogen and oxygen atoms in total. The van der Waals surface area contributed by atoms with Crippen molar-refractivity contribution in [1.82, 2.24) is 14.5 Å². The normalized spacial score (nSPS) is 17.2. The van der Waals surface area contributed by atoms with Crippen LogP contribution in [0.5, 0.6) is 0 Å². The monoisotopic (exact) mass is 480 g/mol. The molecular formula is C21H29BrN4O2S. The molecule has 3 rings (SSSR count). The fourth-order valence-corrected chi connectivity index (χ4v) is 4.77. The van der Waals surface area contributed by atoms with Crippen LogP contribution in [0.3, 0.4) is 0 Å². The quantitative estimate of drug-likeness (QED) is 0.660. The Bertz CT molecular complexity index is 893. The van der Waals surface area contributed by atoms with Crippen LogP contribution < -0.4 is 9.62 Å². The maximum atomic E-state index is 12.8. The number of likely N-dealkylation sites (N-methyl/N-ethyl adjacent to an activating group) is 1. The van der Waals surface area contributed by atoms with E-state index >= 15 is 0 Å². The number of anilines is 1. The molecule has 1 atom stereocenters. The van der Waals surface area contributed by atoms with Crippen LogP contribution in [0.4, 0.5) is 5.69 Å². The molecule has 0 aliphatic carbocycles. The average molecular weight is 481 g/mol. The van der Waals surface area contributed by atoms with Gasteiger partial charge in [0.25, 0.3) is 0 Å². The van der Waals surface area contributed by atoms with Crippen LogP contribution in [0.2, 0.25) is 0 Å². The maximum absolute atomic E-state index is 12.8. The van der Waals surface area contributed by atoms with Crippen LogP contribution in [0.1, 0.15) is 11.6 Å². The Morgan fingerprint density at radius 2 is 1.59 bits per heavy atom. The maximum Gasteiger partial charge on any atom is 0.240 e. The smallest absolute Gasteiger partial charge is 0.240 e. The van der Waals surface area contributed by atoms with E-state index in [4.69, 9.17) is 0 Å². The predicted molar refractivity (Wildman–Crippen MR) is 122 cm³/mol. The van der Waals surface area contributed by atoms with Gasteiger partial charge in [-0.05, 0) is 49.0 Å². The zero-order chi connectivity index (χ0) is 21.0. The zero-order valence-corrected chi connectivity index (χ0v) is 19.6. The fourth-order valence-electron chi connectivity index (χ4n) is 3.47. The van der Waals surface area contributed by atoms with Crippen LogP contribution in [0.15, 0.2) is 57.9 Å². The molecule has 1 saturated heterocycles. The lowest BCUT2D eigenvalue weighted by molar-refractivity contribution is 0.113. The van der Waals surface area contributed by atoms with Gasteiger partial charge in [-0.3, -0.25) is 4.90 Å². The molecule has 1 fully saturated rings. The Kier molecular flexibility index (Phi) is 7.34. The summed E-state index contributed by atoms with van der Waals surface area (Å²) in [6, 6.07) is 15.1. The lowest BCUT2D eigenvalue weighted by atomic mass is 10.0. The summed E-state index contributed by atoms with van der Waals surface area (Å²) in [5, 5.41) is 0. The molecule has 0 radical (unpaired) electrons. The van der Waals surface area contributed by atoms with Gasteiger partial charge >= 0.3 is 0 Å². The minimum absolute atomic E-state index is 0.00913. The van der Waals surface area contributed by atoms with Gasteiger partial charge in [0.05, 0.1) is 4.90 Å². The van der Waals surface area contributed by atoms with E-state index in [1.807, 2.05) is 14.1 Å². The van der Waals surface area contributed by atoms with Crippen LogP contribution in [-0.4, -0.2) is 72.1 Å².